The molecule has 1 aliphatic heterocycles. The second kappa shape index (κ2) is 7.09. The maximum atomic E-state index is 11.9. The number of urea groups is 1. The Morgan fingerprint density at radius 2 is 2.18 bits per heavy atom. The van der Waals surface area contributed by atoms with Crippen LogP contribution in [0.3, 0.4) is 0 Å². The second-order valence-electron chi connectivity index (χ2n) is 5.33. The summed E-state index contributed by atoms with van der Waals surface area (Å²) in [6.45, 7) is 1.33. The summed E-state index contributed by atoms with van der Waals surface area (Å²) in [6, 6.07) is 9.52. The highest BCUT2D eigenvalue weighted by Crippen LogP contribution is 2.12. The molecule has 0 saturated carbocycles. The summed E-state index contributed by atoms with van der Waals surface area (Å²) in [5.74, 6) is 0. The van der Waals surface area contributed by atoms with Gasteiger partial charge in [0.05, 0.1) is 29.9 Å². The SMILES string of the molecule is O=C(NCC1CCCCO1)Nc1cnn(-c2ccccc2)c1. The van der Waals surface area contributed by atoms with Gasteiger partial charge in [-0.3, -0.25) is 0 Å². The smallest absolute Gasteiger partial charge is 0.319 e. The first-order valence-electron chi connectivity index (χ1n) is 7.58. The van der Waals surface area contributed by atoms with Crippen molar-refractivity contribution in [2.24, 2.45) is 0 Å². The van der Waals surface area contributed by atoms with Gasteiger partial charge in [0.15, 0.2) is 0 Å². The van der Waals surface area contributed by atoms with Crippen molar-refractivity contribution in [3.8, 4) is 5.69 Å². The molecule has 3 rings (SSSR count). The molecule has 2 amide bonds. The van der Waals surface area contributed by atoms with Gasteiger partial charge in [0.1, 0.15) is 0 Å². The lowest BCUT2D eigenvalue weighted by atomic mass is 10.1. The van der Waals surface area contributed by atoms with Crippen LogP contribution in [0.4, 0.5) is 10.5 Å². The highest BCUT2D eigenvalue weighted by Gasteiger charge is 2.14. The molecule has 1 aromatic carbocycles. The number of para-hydroxylation sites is 1. The molecule has 0 radical (unpaired) electrons. The van der Waals surface area contributed by atoms with E-state index in [0.717, 1.165) is 31.6 Å². The number of aromatic nitrogens is 2. The Morgan fingerprint density at radius 3 is 2.95 bits per heavy atom. The van der Waals surface area contributed by atoms with Crippen LogP contribution in [0.25, 0.3) is 5.69 Å². The molecule has 6 heteroatoms. The van der Waals surface area contributed by atoms with Crippen molar-refractivity contribution in [1.82, 2.24) is 15.1 Å². The zero-order chi connectivity index (χ0) is 15.2. The Morgan fingerprint density at radius 1 is 1.32 bits per heavy atom. The molecule has 1 aliphatic rings. The molecule has 1 fully saturated rings. The van der Waals surface area contributed by atoms with E-state index >= 15 is 0 Å². The Hall–Kier alpha value is -2.34. The number of amides is 2. The van der Waals surface area contributed by atoms with Crippen LogP contribution in [0.5, 0.6) is 0 Å². The van der Waals surface area contributed by atoms with Gasteiger partial charge in [-0.05, 0) is 31.4 Å². The maximum Gasteiger partial charge on any atom is 0.319 e. The lowest BCUT2D eigenvalue weighted by molar-refractivity contribution is 0.0187. The lowest BCUT2D eigenvalue weighted by Crippen LogP contribution is -2.37. The fourth-order valence-electron chi connectivity index (χ4n) is 2.46. The predicted molar refractivity (Wildman–Crippen MR) is 84.2 cm³/mol. The zero-order valence-corrected chi connectivity index (χ0v) is 12.4. The van der Waals surface area contributed by atoms with Crippen molar-refractivity contribution < 1.29 is 9.53 Å². The average Bonchev–Trinajstić information content (AvgIpc) is 3.03. The zero-order valence-electron chi connectivity index (χ0n) is 12.4. The number of nitrogens with one attached hydrogen (secondary N) is 2. The molecule has 2 N–H and O–H groups in total. The van der Waals surface area contributed by atoms with Crippen LogP contribution >= 0.6 is 0 Å². The molecule has 0 bridgehead atoms. The first-order chi connectivity index (χ1) is 10.8. The maximum absolute atomic E-state index is 11.9. The molecule has 22 heavy (non-hydrogen) atoms. The molecule has 1 aromatic heterocycles. The number of hydrogen-bond donors (Lipinski definition) is 2. The number of carbonyl (C=O) groups is 1. The number of ether oxygens (including phenoxy) is 1. The van der Waals surface area contributed by atoms with Gasteiger partial charge in [-0.15, -0.1) is 0 Å². The fraction of sp³-hybridized carbons (Fsp3) is 0.375. The summed E-state index contributed by atoms with van der Waals surface area (Å²) < 4.78 is 7.30. The van der Waals surface area contributed by atoms with Crippen LogP contribution in [-0.2, 0) is 4.74 Å². The standard InChI is InChI=1S/C16H20N4O2/c21-16(17-11-15-8-4-5-9-22-15)19-13-10-18-20(12-13)14-6-2-1-3-7-14/h1-3,6-7,10,12,15H,4-5,8-9,11H2,(H2,17,19,21). The van der Waals surface area contributed by atoms with E-state index in [-0.39, 0.29) is 12.1 Å². The van der Waals surface area contributed by atoms with E-state index in [9.17, 15) is 4.79 Å². The van der Waals surface area contributed by atoms with Crippen LogP contribution in [0.1, 0.15) is 19.3 Å². The van der Waals surface area contributed by atoms with E-state index in [0.29, 0.717) is 12.2 Å². The molecule has 6 nitrogen and oxygen atoms in total. The van der Waals surface area contributed by atoms with Crippen molar-refractivity contribution in [2.75, 3.05) is 18.5 Å². The van der Waals surface area contributed by atoms with E-state index in [2.05, 4.69) is 15.7 Å². The van der Waals surface area contributed by atoms with Crippen LogP contribution in [0.2, 0.25) is 0 Å². The molecular weight excluding hydrogens is 280 g/mol. The van der Waals surface area contributed by atoms with Gasteiger partial charge in [-0.1, -0.05) is 18.2 Å². The van der Waals surface area contributed by atoms with Gasteiger partial charge in [-0.25, -0.2) is 9.48 Å². The van der Waals surface area contributed by atoms with Gasteiger partial charge in [-0.2, -0.15) is 5.10 Å². The lowest BCUT2D eigenvalue weighted by Gasteiger charge is -2.22. The van der Waals surface area contributed by atoms with E-state index < -0.39 is 0 Å². The van der Waals surface area contributed by atoms with Gasteiger partial charge in [0.2, 0.25) is 0 Å². The summed E-state index contributed by atoms with van der Waals surface area (Å²) in [4.78, 5) is 11.9. The molecular formula is C16H20N4O2. The van der Waals surface area contributed by atoms with Crippen LogP contribution in [0.15, 0.2) is 42.7 Å². The predicted octanol–water partition coefficient (Wildman–Crippen LogP) is 2.56. The largest absolute Gasteiger partial charge is 0.376 e. The van der Waals surface area contributed by atoms with Crippen LogP contribution in [0, 0.1) is 0 Å². The van der Waals surface area contributed by atoms with Crippen molar-refractivity contribution in [1.29, 1.82) is 0 Å². The Balaban J connectivity index is 1.50. The third-order valence-electron chi connectivity index (χ3n) is 3.63. The van der Waals surface area contributed by atoms with Gasteiger partial charge in [0.25, 0.3) is 0 Å². The third kappa shape index (κ3) is 3.85. The van der Waals surface area contributed by atoms with Gasteiger partial charge in [0, 0.05) is 13.2 Å². The van der Waals surface area contributed by atoms with Gasteiger partial charge >= 0.3 is 6.03 Å². The Labute approximate surface area is 129 Å². The summed E-state index contributed by atoms with van der Waals surface area (Å²) >= 11 is 0. The van der Waals surface area contributed by atoms with E-state index in [1.165, 1.54) is 0 Å². The number of rotatable bonds is 4. The molecule has 1 unspecified atom stereocenters. The quantitative estimate of drug-likeness (QED) is 0.912. The summed E-state index contributed by atoms with van der Waals surface area (Å²) in [5.41, 5.74) is 1.61. The number of carbonyl (C=O) groups excluding carboxylic acids is 1. The summed E-state index contributed by atoms with van der Waals surface area (Å²) in [7, 11) is 0. The Bertz CT molecular complexity index is 606. The van der Waals surface area contributed by atoms with Crippen molar-refractivity contribution in [3.63, 3.8) is 0 Å². The molecule has 0 spiro atoms. The normalized spacial score (nSPS) is 17.9. The summed E-state index contributed by atoms with van der Waals surface area (Å²) in [6.07, 6.45) is 6.83. The Kier molecular flexibility index (Phi) is 4.70. The third-order valence-corrected chi connectivity index (χ3v) is 3.63. The molecule has 0 aliphatic carbocycles. The van der Waals surface area contributed by atoms with E-state index in [4.69, 9.17) is 4.74 Å². The minimum atomic E-state index is -0.234. The number of nitrogens with zero attached hydrogens (tertiary/aromatic N) is 2. The molecule has 2 heterocycles. The first kappa shape index (κ1) is 14.6. The molecule has 1 saturated heterocycles. The number of benzene rings is 1. The second-order valence-corrected chi connectivity index (χ2v) is 5.33. The van der Waals surface area contributed by atoms with Crippen molar-refractivity contribution in [2.45, 2.75) is 25.4 Å². The van der Waals surface area contributed by atoms with Crippen LogP contribution < -0.4 is 10.6 Å². The monoisotopic (exact) mass is 300 g/mol. The van der Waals surface area contributed by atoms with E-state index in [1.807, 2.05) is 30.3 Å². The highest BCUT2D eigenvalue weighted by atomic mass is 16.5. The minimum absolute atomic E-state index is 0.131. The van der Waals surface area contributed by atoms with Crippen LogP contribution in [-0.4, -0.2) is 35.1 Å². The molecule has 1 atom stereocenters. The summed E-state index contributed by atoms with van der Waals surface area (Å²) in [5, 5.41) is 9.86. The van der Waals surface area contributed by atoms with Crippen molar-refractivity contribution >= 4 is 11.7 Å². The van der Waals surface area contributed by atoms with Gasteiger partial charge < -0.3 is 15.4 Å². The topological polar surface area (TPSA) is 68.2 Å². The molecule has 2 aromatic rings. The van der Waals surface area contributed by atoms with E-state index in [1.54, 1.807) is 17.1 Å². The fourth-order valence-corrected chi connectivity index (χ4v) is 2.46. The number of hydrogen-bond acceptors (Lipinski definition) is 3. The number of anilines is 1. The van der Waals surface area contributed by atoms with Crippen molar-refractivity contribution in [3.05, 3.63) is 42.7 Å². The average molecular weight is 300 g/mol. The first-order valence-corrected chi connectivity index (χ1v) is 7.58. The highest BCUT2D eigenvalue weighted by molar-refractivity contribution is 5.88. The minimum Gasteiger partial charge on any atom is -0.376 e. The molecule has 116 valence electrons.